The summed E-state index contributed by atoms with van der Waals surface area (Å²) >= 11 is 0.975. The minimum absolute atomic E-state index is 0.0294. The number of aliphatic hydroxyl groups is 2. The number of nitrogens with two attached hydrogens (primary N) is 5. The van der Waals surface area contributed by atoms with E-state index in [9.17, 15) is 68.1 Å². The number of aliphatic carboxylic acids is 2. The number of carbonyl (C=O) groups excluding carboxylic acids is 9. The van der Waals surface area contributed by atoms with Crippen LogP contribution in [0.5, 0.6) is 0 Å². The van der Waals surface area contributed by atoms with Crippen molar-refractivity contribution in [3.63, 3.8) is 0 Å². The van der Waals surface area contributed by atoms with Crippen LogP contribution in [0.15, 0.2) is 11.3 Å². The maximum Gasteiger partial charge on any atom is 0.352 e. The number of rotatable bonds is 34. The maximum atomic E-state index is 13.9. The first-order valence-electron chi connectivity index (χ1n) is 23.9. The summed E-state index contributed by atoms with van der Waals surface area (Å²) in [6, 6.07) is -9.23. The van der Waals surface area contributed by atoms with Crippen molar-refractivity contribution in [1.82, 2.24) is 36.8 Å². The first-order chi connectivity index (χ1) is 34.7. The van der Waals surface area contributed by atoms with Crippen molar-refractivity contribution >= 4 is 76.9 Å². The molecular weight excluding hydrogens is 1000 g/mol. The van der Waals surface area contributed by atoms with Gasteiger partial charge in [0, 0.05) is 31.3 Å². The standard InChI is InChI=1S/C44H74N12O17S/c1-20(2)32(53-36(63)25(10-7-13-45)50-35(62)24(48)17-57)38(65)51-26(11-8-14-46)37(64)54-33(21(3)4)39(66)52-27(15-29(49)59)28(58)16-31(61)73-18-22-19-74-43-44(72-5,42(71)56(43)34(22)41(69)70)55-30(60)12-6-9-23(47)40(67)68/h20-21,23-28,32-33,43,57-58H,6-19,45-48H2,1-5H3,(H2,49,59)(H,50,62)(H,51,65)(H,52,66)(H,53,63)(H,54,64)(H,55,60)(H,67,68)(H,69,70)/t23-,24+,25+,26+,27?,28?,32+,33+,43-,44+/m1/s1. The van der Waals surface area contributed by atoms with Gasteiger partial charge in [0.1, 0.15) is 53.9 Å². The molecular formula is C44H74N12O17S. The van der Waals surface area contributed by atoms with Crippen molar-refractivity contribution in [2.24, 2.45) is 40.5 Å². The molecule has 29 nitrogen and oxygen atoms in total. The van der Waals surface area contributed by atoms with Crippen LogP contribution in [0.2, 0.25) is 0 Å². The van der Waals surface area contributed by atoms with Crippen LogP contribution in [0.4, 0.5) is 0 Å². The molecule has 0 aromatic rings. The van der Waals surface area contributed by atoms with Gasteiger partial charge in [-0.05, 0) is 63.5 Å². The molecule has 0 bridgehead atoms. The number of ether oxygens (including phenoxy) is 2. The first kappa shape index (κ1) is 64.1. The van der Waals surface area contributed by atoms with E-state index in [0.717, 1.165) is 23.8 Å². The average molecular weight is 1080 g/mol. The zero-order chi connectivity index (χ0) is 56.2. The monoisotopic (exact) mass is 1070 g/mol. The number of fused-ring (bicyclic) bond motifs is 1. The zero-order valence-corrected chi connectivity index (χ0v) is 42.9. The van der Waals surface area contributed by atoms with Crippen molar-refractivity contribution in [3.8, 4) is 0 Å². The molecule has 0 aliphatic carbocycles. The number of carbonyl (C=O) groups is 11. The molecule has 10 atom stereocenters. The Morgan fingerprint density at radius 1 is 0.757 bits per heavy atom. The molecule has 2 aliphatic rings. The van der Waals surface area contributed by atoms with Gasteiger partial charge in [0.15, 0.2) is 0 Å². The van der Waals surface area contributed by atoms with Crippen LogP contribution in [-0.2, 0) is 62.2 Å². The summed E-state index contributed by atoms with van der Waals surface area (Å²) in [4.78, 5) is 143. The Hall–Kier alpha value is -6.02. The average Bonchev–Trinajstić information content (AvgIpc) is 3.33. The van der Waals surface area contributed by atoms with Gasteiger partial charge in [-0.2, -0.15) is 0 Å². The fourth-order valence-electron chi connectivity index (χ4n) is 7.62. The number of esters is 1. The summed E-state index contributed by atoms with van der Waals surface area (Å²) in [5.74, 6) is -12.2. The third kappa shape index (κ3) is 18.1. The van der Waals surface area contributed by atoms with Crippen LogP contribution in [0.3, 0.4) is 0 Å². The molecule has 8 amide bonds. The van der Waals surface area contributed by atoms with E-state index < -0.39 is 168 Å². The van der Waals surface area contributed by atoms with E-state index in [4.69, 9.17) is 43.2 Å². The van der Waals surface area contributed by atoms with Crippen molar-refractivity contribution in [2.45, 2.75) is 145 Å². The van der Waals surface area contributed by atoms with Crippen molar-refractivity contribution in [3.05, 3.63) is 11.3 Å². The molecule has 1 fully saturated rings. The van der Waals surface area contributed by atoms with Gasteiger partial charge in [0.25, 0.3) is 11.6 Å². The van der Waals surface area contributed by atoms with Gasteiger partial charge in [-0.25, -0.2) is 4.79 Å². The Labute approximate surface area is 431 Å². The quantitative estimate of drug-likeness (QED) is 0.0162. The second-order valence-electron chi connectivity index (χ2n) is 18.4. The molecule has 20 N–H and O–H groups in total. The van der Waals surface area contributed by atoms with Crippen LogP contribution in [0.1, 0.15) is 85.5 Å². The lowest BCUT2D eigenvalue weighted by molar-refractivity contribution is -0.192. The number of nitrogens with one attached hydrogen (secondary N) is 6. The van der Waals surface area contributed by atoms with Gasteiger partial charge in [-0.15, -0.1) is 11.8 Å². The van der Waals surface area contributed by atoms with E-state index in [1.54, 1.807) is 27.7 Å². The van der Waals surface area contributed by atoms with E-state index in [1.807, 2.05) is 0 Å². The number of hydrogen-bond acceptors (Lipinski definition) is 20. The number of carboxylic acids is 2. The number of aliphatic hydroxyl groups excluding tert-OH is 2. The lowest BCUT2D eigenvalue weighted by atomic mass is 9.97. The Balaban J connectivity index is 2.20. The number of β-lactam (4-membered cyclic amide) rings is 1. The Morgan fingerprint density at radius 2 is 1.28 bits per heavy atom. The van der Waals surface area contributed by atoms with Crippen molar-refractivity contribution in [2.75, 3.05) is 39.2 Å². The van der Waals surface area contributed by atoms with Crippen LogP contribution in [0.25, 0.3) is 0 Å². The van der Waals surface area contributed by atoms with E-state index in [0.29, 0.717) is 6.42 Å². The molecule has 0 spiro atoms. The van der Waals surface area contributed by atoms with Crippen molar-refractivity contribution < 1.29 is 82.6 Å². The topological polar surface area (TPSA) is 493 Å². The molecule has 74 heavy (non-hydrogen) atoms. The van der Waals surface area contributed by atoms with Gasteiger partial charge in [-0.3, -0.25) is 52.8 Å². The molecule has 2 unspecified atom stereocenters. The highest BCUT2D eigenvalue weighted by atomic mass is 32.2. The van der Waals surface area contributed by atoms with Gasteiger partial charge in [-0.1, -0.05) is 27.7 Å². The third-order valence-electron chi connectivity index (χ3n) is 11.9. The number of hydrogen-bond donors (Lipinski definition) is 15. The molecule has 1 saturated heterocycles. The van der Waals surface area contributed by atoms with Crippen LogP contribution >= 0.6 is 11.8 Å². The number of methoxy groups -OCH3 is 1. The van der Waals surface area contributed by atoms with E-state index in [-0.39, 0.29) is 62.9 Å². The van der Waals surface area contributed by atoms with Crippen LogP contribution in [-0.4, -0.2) is 189 Å². The molecule has 2 rings (SSSR count). The lowest BCUT2D eigenvalue weighted by Gasteiger charge is -2.55. The normalized spacial score (nSPS) is 19.5. The SMILES string of the molecule is CO[C@@]1(NC(=O)CCC[C@@H](N)C(=O)O)C(=O)N2C(C(=O)O)=C(COC(=O)CC(O)C(CC(N)=O)NC(=O)[C@@H](NC(=O)[C@H](CCCN)NC(=O)[C@@H](NC(=O)[C@H](CCCN)NC(=O)[C@@H](N)CO)C(C)C)C(C)C)CS[C@@H]21. The fraction of sp³-hybridized carbons (Fsp3) is 0.705. The smallest absolute Gasteiger partial charge is 0.352 e. The maximum absolute atomic E-state index is 13.9. The minimum Gasteiger partial charge on any atom is -0.480 e. The molecule has 0 radical (unpaired) electrons. The summed E-state index contributed by atoms with van der Waals surface area (Å²) in [5, 5.41) is 53.6. The first-order valence-corrected chi connectivity index (χ1v) is 24.9. The molecule has 418 valence electrons. The molecule has 2 aliphatic heterocycles. The third-order valence-corrected chi connectivity index (χ3v) is 13.3. The minimum atomic E-state index is -1.97. The Bertz CT molecular complexity index is 2080. The lowest BCUT2D eigenvalue weighted by Crippen LogP contribution is -2.80. The number of thioether (sulfide) groups is 1. The van der Waals surface area contributed by atoms with Crippen LogP contribution in [0, 0.1) is 11.8 Å². The van der Waals surface area contributed by atoms with E-state index >= 15 is 0 Å². The number of carboxylic acid groups (broad SMARTS) is 2. The van der Waals surface area contributed by atoms with E-state index in [2.05, 4.69) is 31.9 Å². The molecule has 2 heterocycles. The Morgan fingerprint density at radius 3 is 1.74 bits per heavy atom. The summed E-state index contributed by atoms with van der Waals surface area (Å²) in [5.41, 5.74) is 25.3. The van der Waals surface area contributed by atoms with Gasteiger partial charge >= 0.3 is 17.9 Å². The van der Waals surface area contributed by atoms with Gasteiger partial charge in [0.05, 0.1) is 25.2 Å². The highest BCUT2D eigenvalue weighted by Gasteiger charge is 2.66. The van der Waals surface area contributed by atoms with Crippen LogP contribution < -0.4 is 60.6 Å². The second-order valence-corrected chi connectivity index (χ2v) is 19.4. The fourth-order valence-corrected chi connectivity index (χ4v) is 9.04. The number of amides is 8. The molecule has 0 saturated carbocycles. The predicted octanol–water partition coefficient (Wildman–Crippen LogP) is -6.02. The van der Waals surface area contributed by atoms with E-state index in [1.165, 1.54) is 0 Å². The Kier molecular flexibility index (Phi) is 26.3. The molecule has 0 aromatic heterocycles. The molecule has 0 aromatic carbocycles. The predicted molar refractivity (Wildman–Crippen MR) is 261 cm³/mol. The van der Waals surface area contributed by atoms with Gasteiger partial charge < -0.3 is 90.5 Å². The summed E-state index contributed by atoms with van der Waals surface area (Å²) < 4.78 is 10.7. The summed E-state index contributed by atoms with van der Waals surface area (Å²) in [6.45, 7) is 5.22. The number of primary amides is 1. The summed E-state index contributed by atoms with van der Waals surface area (Å²) in [6.07, 6.45) is -3.08. The number of nitrogens with zero attached hydrogens (tertiary/aromatic N) is 1. The molecule has 30 heteroatoms. The van der Waals surface area contributed by atoms with Crippen molar-refractivity contribution in [1.29, 1.82) is 0 Å². The highest BCUT2D eigenvalue weighted by Crippen LogP contribution is 2.46. The van der Waals surface area contributed by atoms with Gasteiger partial charge in [0.2, 0.25) is 41.4 Å². The summed E-state index contributed by atoms with van der Waals surface area (Å²) in [7, 11) is 1.13. The zero-order valence-electron chi connectivity index (χ0n) is 42.1. The highest BCUT2D eigenvalue weighted by molar-refractivity contribution is 8.00. The largest absolute Gasteiger partial charge is 0.480 e. The second kappa shape index (κ2) is 30.4.